The molecule has 80 valence electrons. The van der Waals surface area contributed by atoms with Crippen LogP contribution >= 0.6 is 0 Å². The van der Waals surface area contributed by atoms with Gasteiger partial charge in [0.15, 0.2) is 0 Å². The Morgan fingerprint density at radius 2 is 1.80 bits per heavy atom. The number of hydrogen-bond donors (Lipinski definition) is 3. The summed E-state index contributed by atoms with van der Waals surface area (Å²) in [4.78, 5) is 10.6. The molecule has 1 aromatic carbocycles. The minimum absolute atomic E-state index is 0.533. The lowest BCUT2D eigenvalue weighted by Gasteiger charge is -2.27. The molecule has 0 unspecified atom stereocenters. The molecular formula is C11H15N3O. The maximum Gasteiger partial charge on any atom is 0.316 e. The average Bonchev–Trinajstić information content (AvgIpc) is 2.13. The van der Waals surface area contributed by atoms with Gasteiger partial charge in [-0.2, -0.15) is 0 Å². The molecule has 0 spiro atoms. The second kappa shape index (κ2) is 4.21. The predicted molar refractivity (Wildman–Crippen MR) is 60.9 cm³/mol. The molecule has 15 heavy (non-hydrogen) atoms. The lowest BCUT2D eigenvalue weighted by molar-refractivity contribution is 0.259. The Morgan fingerprint density at radius 1 is 1.20 bits per heavy atom. The monoisotopic (exact) mass is 205 g/mol. The molecule has 2 amide bonds. The molecule has 1 fully saturated rings. The Hall–Kier alpha value is -1.71. The summed E-state index contributed by atoms with van der Waals surface area (Å²) in [5.41, 5.74) is 6.82. The number of amides is 2. The van der Waals surface area contributed by atoms with Gasteiger partial charge in [0.2, 0.25) is 0 Å². The van der Waals surface area contributed by atoms with Gasteiger partial charge in [0.25, 0.3) is 0 Å². The Labute approximate surface area is 88.9 Å². The molecule has 0 heterocycles. The van der Waals surface area contributed by atoms with E-state index in [-0.39, 0.29) is 0 Å². The molecule has 1 aromatic rings. The zero-order valence-corrected chi connectivity index (χ0v) is 8.49. The lowest BCUT2D eigenvalue weighted by Crippen LogP contribution is -2.26. The van der Waals surface area contributed by atoms with Gasteiger partial charge in [0.05, 0.1) is 0 Å². The summed E-state index contributed by atoms with van der Waals surface area (Å²) >= 11 is 0. The first-order valence-corrected chi connectivity index (χ1v) is 5.17. The van der Waals surface area contributed by atoms with Gasteiger partial charge in [-0.15, -0.1) is 0 Å². The largest absolute Gasteiger partial charge is 0.382 e. The normalized spacial score (nSPS) is 15.5. The minimum atomic E-state index is -0.533. The molecule has 0 aliphatic heterocycles. The molecule has 2 rings (SSSR count). The number of nitrogens with one attached hydrogen (secondary N) is 2. The van der Waals surface area contributed by atoms with Gasteiger partial charge in [-0.3, -0.25) is 0 Å². The van der Waals surface area contributed by atoms with Crippen molar-refractivity contribution in [3.8, 4) is 0 Å². The number of primary amides is 1. The number of hydrogen-bond acceptors (Lipinski definition) is 2. The van der Waals surface area contributed by atoms with Gasteiger partial charge in [-0.25, -0.2) is 4.79 Å². The van der Waals surface area contributed by atoms with E-state index in [2.05, 4.69) is 10.6 Å². The van der Waals surface area contributed by atoms with Crippen LogP contribution in [-0.2, 0) is 0 Å². The fourth-order valence-electron chi connectivity index (χ4n) is 1.58. The Balaban J connectivity index is 1.93. The van der Waals surface area contributed by atoms with Gasteiger partial charge in [0.1, 0.15) is 0 Å². The molecule has 1 saturated carbocycles. The van der Waals surface area contributed by atoms with Crippen LogP contribution in [0.3, 0.4) is 0 Å². The third-order valence-corrected chi connectivity index (χ3v) is 2.63. The number of carbonyl (C=O) groups is 1. The van der Waals surface area contributed by atoms with E-state index in [1.165, 1.54) is 19.3 Å². The summed E-state index contributed by atoms with van der Waals surface area (Å²) in [6.07, 6.45) is 3.82. The highest BCUT2D eigenvalue weighted by molar-refractivity contribution is 5.87. The highest BCUT2D eigenvalue weighted by Crippen LogP contribution is 2.23. The van der Waals surface area contributed by atoms with Crippen molar-refractivity contribution in [3.63, 3.8) is 0 Å². The zero-order chi connectivity index (χ0) is 10.7. The van der Waals surface area contributed by atoms with E-state index in [0.717, 1.165) is 11.4 Å². The number of urea groups is 1. The summed E-state index contributed by atoms with van der Waals surface area (Å²) in [6, 6.07) is 7.67. The van der Waals surface area contributed by atoms with E-state index in [1.807, 2.05) is 24.3 Å². The molecular weight excluding hydrogens is 190 g/mol. The quantitative estimate of drug-likeness (QED) is 0.707. The van der Waals surface area contributed by atoms with Crippen molar-refractivity contribution in [2.75, 3.05) is 10.6 Å². The van der Waals surface area contributed by atoms with Crippen LogP contribution in [0.15, 0.2) is 24.3 Å². The predicted octanol–water partition coefficient (Wildman–Crippen LogP) is 2.14. The Kier molecular flexibility index (Phi) is 2.76. The molecule has 4 heteroatoms. The summed E-state index contributed by atoms with van der Waals surface area (Å²) in [6.45, 7) is 0. The topological polar surface area (TPSA) is 67.2 Å². The van der Waals surface area contributed by atoms with Crippen LogP contribution in [-0.4, -0.2) is 12.1 Å². The number of carbonyl (C=O) groups excluding carboxylic acids is 1. The highest BCUT2D eigenvalue weighted by Gasteiger charge is 2.16. The molecule has 0 atom stereocenters. The number of rotatable bonds is 3. The zero-order valence-electron chi connectivity index (χ0n) is 8.49. The van der Waals surface area contributed by atoms with Crippen molar-refractivity contribution in [2.24, 2.45) is 5.73 Å². The van der Waals surface area contributed by atoms with E-state index in [4.69, 9.17) is 5.73 Å². The summed E-state index contributed by atoms with van der Waals surface area (Å²) in [5.74, 6) is 0. The van der Waals surface area contributed by atoms with Crippen LogP contribution < -0.4 is 16.4 Å². The lowest BCUT2D eigenvalue weighted by atomic mass is 9.93. The van der Waals surface area contributed by atoms with Crippen LogP contribution in [0.2, 0.25) is 0 Å². The van der Waals surface area contributed by atoms with E-state index in [1.54, 1.807) is 0 Å². The molecule has 4 nitrogen and oxygen atoms in total. The van der Waals surface area contributed by atoms with Crippen molar-refractivity contribution in [1.82, 2.24) is 0 Å². The van der Waals surface area contributed by atoms with Gasteiger partial charge in [-0.05, 0) is 43.5 Å². The third-order valence-electron chi connectivity index (χ3n) is 2.63. The van der Waals surface area contributed by atoms with Gasteiger partial charge < -0.3 is 16.4 Å². The molecule has 1 aliphatic carbocycles. The van der Waals surface area contributed by atoms with Crippen molar-refractivity contribution in [3.05, 3.63) is 24.3 Å². The van der Waals surface area contributed by atoms with Crippen molar-refractivity contribution in [2.45, 2.75) is 25.3 Å². The van der Waals surface area contributed by atoms with Crippen LogP contribution in [0.1, 0.15) is 19.3 Å². The van der Waals surface area contributed by atoms with E-state index < -0.39 is 6.03 Å². The first-order chi connectivity index (χ1) is 7.24. The maximum atomic E-state index is 10.6. The fourth-order valence-corrected chi connectivity index (χ4v) is 1.58. The van der Waals surface area contributed by atoms with Crippen LogP contribution in [0.5, 0.6) is 0 Å². The SMILES string of the molecule is NC(=O)Nc1ccc(NC2CCC2)cc1. The van der Waals surface area contributed by atoms with E-state index >= 15 is 0 Å². The van der Waals surface area contributed by atoms with Crippen molar-refractivity contribution >= 4 is 17.4 Å². The van der Waals surface area contributed by atoms with Crippen LogP contribution in [0.25, 0.3) is 0 Å². The highest BCUT2D eigenvalue weighted by atomic mass is 16.2. The van der Waals surface area contributed by atoms with Crippen LogP contribution in [0.4, 0.5) is 16.2 Å². The second-order valence-corrected chi connectivity index (χ2v) is 3.84. The van der Waals surface area contributed by atoms with Crippen LogP contribution in [0, 0.1) is 0 Å². The molecule has 0 bridgehead atoms. The number of anilines is 2. The van der Waals surface area contributed by atoms with Gasteiger partial charge in [-0.1, -0.05) is 0 Å². The smallest absolute Gasteiger partial charge is 0.316 e. The van der Waals surface area contributed by atoms with E-state index in [0.29, 0.717) is 6.04 Å². The standard InChI is InChI=1S/C11H15N3O/c12-11(15)14-10-6-4-9(5-7-10)13-8-2-1-3-8/h4-8,13H,1-3H2,(H3,12,14,15). The molecule has 0 radical (unpaired) electrons. The first kappa shape index (κ1) is 9.83. The Bertz CT molecular complexity index is 343. The molecule has 0 aromatic heterocycles. The molecule has 4 N–H and O–H groups in total. The molecule has 0 saturated heterocycles. The summed E-state index contributed by atoms with van der Waals surface area (Å²) < 4.78 is 0. The van der Waals surface area contributed by atoms with Gasteiger partial charge >= 0.3 is 6.03 Å². The summed E-state index contributed by atoms with van der Waals surface area (Å²) in [7, 11) is 0. The minimum Gasteiger partial charge on any atom is -0.382 e. The first-order valence-electron chi connectivity index (χ1n) is 5.17. The summed E-state index contributed by atoms with van der Waals surface area (Å²) in [5, 5.41) is 5.94. The third kappa shape index (κ3) is 2.62. The van der Waals surface area contributed by atoms with E-state index in [9.17, 15) is 4.79 Å². The number of nitrogens with two attached hydrogens (primary N) is 1. The number of benzene rings is 1. The Morgan fingerprint density at radius 3 is 2.27 bits per heavy atom. The fraction of sp³-hybridized carbons (Fsp3) is 0.364. The van der Waals surface area contributed by atoms with Crippen molar-refractivity contribution < 1.29 is 4.79 Å². The average molecular weight is 205 g/mol. The molecule has 1 aliphatic rings. The van der Waals surface area contributed by atoms with Gasteiger partial charge in [0, 0.05) is 17.4 Å². The maximum absolute atomic E-state index is 10.6. The second-order valence-electron chi connectivity index (χ2n) is 3.84. The van der Waals surface area contributed by atoms with Crippen molar-refractivity contribution in [1.29, 1.82) is 0 Å².